The van der Waals surface area contributed by atoms with E-state index in [1.54, 1.807) is 18.2 Å². The van der Waals surface area contributed by atoms with Gasteiger partial charge in [-0.2, -0.15) is 0 Å². The van der Waals surface area contributed by atoms with Crippen molar-refractivity contribution in [3.05, 3.63) is 63.2 Å². The number of ether oxygens (including phenoxy) is 1. The summed E-state index contributed by atoms with van der Waals surface area (Å²) in [5, 5.41) is 1.26. The van der Waals surface area contributed by atoms with Crippen molar-refractivity contribution >= 4 is 46.2 Å². The minimum atomic E-state index is -0.426. The number of amides is 2. The molecule has 0 radical (unpaired) electrons. The molecule has 5 nitrogen and oxygen atoms in total. The van der Waals surface area contributed by atoms with Crippen molar-refractivity contribution in [1.82, 2.24) is 5.43 Å². The summed E-state index contributed by atoms with van der Waals surface area (Å²) in [7, 11) is 0. The fourth-order valence-corrected chi connectivity index (χ4v) is 2.73. The van der Waals surface area contributed by atoms with Gasteiger partial charge in [0.2, 0.25) is 0 Å². The monoisotopic (exact) mass is 434 g/mol. The van der Waals surface area contributed by atoms with Crippen LogP contribution in [-0.4, -0.2) is 18.4 Å². The van der Waals surface area contributed by atoms with E-state index in [1.165, 1.54) is 5.01 Å². The Balaban J connectivity index is 1.93. The molecule has 0 saturated carbocycles. The van der Waals surface area contributed by atoms with E-state index in [1.807, 2.05) is 43.3 Å². The molecule has 2 aromatic carbocycles. The summed E-state index contributed by atoms with van der Waals surface area (Å²) in [6, 6.07) is 14.6. The van der Waals surface area contributed by atoms with Gasteiger partial charge < -0.3 is 4.74 Å². The molecule has 3 rings (SSSR count). The van der Waals surface area contributed by atoms with Crippen molar-refractivity contribution in [2.24, 2.45) is 0 Å². The zero-order valence-corrected chi connectivity index (χ0v) is 15.1. The van der Waals surface area contributed by atoms with E-state index in [0.29, 0.717) is 23.6 Å². The molecule has 6 heteroatoms. The Morgan fingerprint density at radius 3 is 2.54 bits per heavy atom. The standard InChI is InChI=1S/C18H15IN2O3/c1-2-24-16-6-4-3-5-12(16)11-15-17(22)20-21(18(15)23)14-9-7-13(19)8-10-14/h3-11H,2H2,1H3,(H,20,22)/b15-11+. The summed E-state index contributed by atoms with van der Waals surface area (Å²) >= 11 is 2.18. The van der Waals surface area contributed by atoms with E-state index in [2.05, 4.69) is 28.0 Å². The van der Waals surface area contributed by atoms with Crippen LogP contribution in [0.4, 0.5) is 5.69 Å². The van der Waals surface area contributed by atoms with Crippen LogP contribution < -0.4 is 15.2 Å². The predicted octanol–water partition coefficient (Wildman–Crippen LogP) is 3.15. The Labute approximate surface area is 153 Å². The third kappa shape index (κ3) is 3.28. The SMILES string of the molecule is CCOc1ccccc1/C=C1\C(=O)NN(c2ccc(I)cc2)C1=O. The second-order valence-electron chi connectivity index (χ2n) is 5.09. The third-order valence-corrected chi connectivity index (χ3v) is 4.21. The van der Waals surface area contributed by atoms with E-state index in [0.717, 1.165) is 3.57 Å². The maximum absolute atomic E-state index is 12.6. The smallest absolute Gasteiger partial charge is 0.282 e. The van der Waals surface area contributed by atoms with E-state index in [9.17, 15) is 9.59 Å². The Bertz CT molecular complexity index is 815. The zero-order chi connectivity index (χ0) is 17.1. The number of rotatable bonds is 4. The van der Waals surface area contributed by atoms with Crippen molar-refractivity contribution in [3.8, 4) is 5.75 Å². The Hall–Kier alpha value is -2.35. The molecule has 0 aliphatic carbocycles. The number of anilines is 1. The van der Waals surface area contributed by atoms with Gasteiger partial charge in [0.15, 0.2) is 0 Å². The highest BCUT2D eigenvalue weighted by Gasteiger charge is 2.34. The number of para-hydroxylation sites is 1. The number of nitrogens with one attached hydrogen (secondary N) is 1. The summed E-state index contributed by atoms with van der Waals surface area (Å²) in [5.74, 6) is -0.168. The van der Waals surface area contributed by atoms with Crippen LogP contribution >= 0.6 is 22.6 Å². The molecule has 1 aliphatic heterocycles. The van der Waals surface area contributed by atoms with E-state index in [4.69, 9.17) is 4.74 Å². The van der Waals surface area contributed by atoms with Gasteiger partial charge in [0.1, 0.15) is 11.3 Å². The number of hydrazine groups is 1. The van der Waals surface area contributed by atoms with Crippen molar-refractivity contribution in [2.45, 2.75) is 6.92 Å². The molecular formula is C18H15IN2O3. The lowest BCUT2D eigenvalue weighted by atomic mass is 10.1. The Morgan fingerprint density at radius 2 is 1.83 bits per heavy atom. The summed E-state index contributed by atoms with van der Waals surface area (Å²) in [6.45, 7) is 2.39. The average Bonchev–Trinajstić information content (AvgIpc) is 2.86. The molecule has 2 aromatic rings. The molecular weight excluding hydrogens is 419 g/mol. The summed E-state index contributed by atoms with van der Waals surface area (Å²) in [4.78, 5) is 24.8. The Kier molecular flexibility index (Phi) is 4.84. The largest absolute Gasteiger partial charge is 0.493 e. The second kappa shape index (κ2) is 7.04. The zero-order valence-electron chi connectivity index (χ0n) is 13.0. The van der Waals surface area contributed by atoms with Crippen molar-refractivity contribution in [2.75, 3.05) is 11.6 Å². The minimum Gasteiger partial charge on any atom is -0.493 e. The highest BCUT2D eigenvalue weighted by Crippen LogP contribution is 2.25. The first-order chi connectivity index (χ1) is 11.6. The van der Waals surface area contributed by atoms with Crippen LogP contribution in [0.25, 0.3) is 6.08 Å². The fraction of sp³-hybridized carbons (Fsp3) is 0.111. The molecule has 1 N–H and O–H groups in total. The number of halogens is 1. The maximum Gasteiger partial charge on any atom is 0.282 e. The molecule has 1 fully saturated rings. The molecule has 0 aromatic heterocycles. The van der Waals surface area contributed by atoms with Gasteiger partial charge in [0.25, 0.3) is 11.8 Å². The lowest BCUT2D eigenvalue weighted by molar-refractivity contribution is -0.117. The molecule has 1 aliphatic rings. The molecule has 2 amide bonds. The molecule has 1 saturated heterocycles. The van der Waals surface area contributed by atoms with E-state index >= 15 is 0 Å². The highest BCUT2D eigenvalue weighted by molar-refractivity contribution is 14.1. The molecule has 0 spiro atoms. The highest BCUT2D eigenvalue weighted by atomic mass is 127. The molecule has 122 valence electrons. The number of benzene rings is 2. The van der Waals surface area contributed by atoms with Crippen LogP contribution in [0.5, 0.6) is 5.75 Å². The van der Waals surface area contributed by atoms with Crippen LogP contribution in [0.2, 0.25) is 0 Å². The fourth-order valence-electron chi connectivity index (χ4n) is 2.37. The molecule has 24 heavy (non-hydrogen) atoms. The lowest BCUT2D eigenvalue weighted by Gasteiger charge is -2.14. The van der Waals surface area contributed by atoms with Gasteiger partial charge in [-0.3, -0.25) is 15.0 Å². The minimum absolute atomic E-state index is 0.0840. The number of carbonyl (C=O) groups is 2. The van der Waals surface area contributed by atoms with Crippen LogP contribution in [0.1, 0.15) is 12.5 Å². The molecule has 0 atom stereocenters. The van der Waals surface area contributed by atoms with Crippen LogP contribution in [0, 0.1) is 3.57 Å². The number of nitrogens with zero attached hydrogens (tertiary/aromatic N) is 1. The van der Waals surface area contributed by atoms with Crippen molar-refractivity contribution in [1.29, 1.82) is 0 Å². The van der Waals surface area contributed by atoms with Gasteiger partial charge in [-0.25, -0.2) is 5.01 Å². The quantitative estimate of drug-likeness (QED) is 0.457. The number of carbonyl (C=O) groups excluding carboxylic acids is 2. The predicted molar refractivity (Wildman–Crippen MR) is 100 cm³/mol. The number of hydrogen-bond acceptors (Lipinski definition) is 3. The molecule has 0 unspecified atom stereocenters. The van der Waals surface area contributed by atoms with Gasteiger partial charge in [0, 0.05) is 9.13 Å². The van der Waals surface area contributed by atoms with Gasteiger partial charge in [-0.15, -0.1) is 0 Å². The first kappa shape index (κ1) is 16.5. The lowest BCUT2D eigenvalue weighted by Crippen LogP contribution is -2.35. The molecule has 1 heterocycles. The van der Waals surface area contributed by atoms with Gasteiger partial charge in [-0.05, 0) is 65.9 Å². The molecule has 0 bridgehead atoms. The Morgan fingerprint density at radius 1 is 1.12 bits per heavy atom. The van der Waals surface area contributed by atoms with Gasteiger partial charge >= 0.3 is 0 Å². The first-order valence-electron chi connectivity index (χ1n) is 7.44. The summed E-state index contributed by atoms with van der Waals surface area (Å²) < 4.78 is 6.59. The first-order valence-corrected chi connectivity index (χ1v) is 8.52. The van der Waals surface area contributed by atoms with Gasteiger partial charge in [-0.1, -0.05) is 18.2 Å². The number of hydrogen-bond donors (Lipinski definition) is 1. The van der Waals surface area contributed by atoms with Crippen molar-refractivity contribution in [3.63, 3.8) is 0 Å². The summed E-state index contributed by atoms with van der Waals surface area (Å²) in [6.07, 6.45) is 1.56. The maximum atomic E-state index is 12.6. The van der Waals surface area contributed by atoms with E-state index < -0.39 is 5.91 Å². The van der Waals surface area contributed by atoms with Crippen LogP contribution in [0.15, 0.2) is 54.1 Å². The van der Waals surface area contributed by atoms with Gasteiger partial charge in [0.05, 0.1) is 12.3 Å². The van der Waals surface area contributed by atoms with E-state index in [-0.39, 0.29) is 11.5 Å². The van der Waals surface area contributed by atoms with Crippen molar-refractivity contribution < 1.29 is 14.3 Å². The van der Waals surface area contributed by atoms with Crippen LogP contribution in [-0.2, 0) is 9.59 Å². The second-order valence-corrected chi connectivity index (χ2v) is 6.33. The average molecular weight is 434 g/mol. The normalized spacial score (nSPS) is 15.8. The van der Waals surface area contributed by atoms with Crippen LogP contribution in [0.3, 0.4) is 0 Å². The third-order valence-electron chi connectivity index (χ3n) is 3.49. The summed E-state index contributed by atoms with van der Waals surface area (Å²) in [5.41, 5.74) is 4.00. The topological polar surface area (TPSA) is 58.6 Å².